The SMILES string of the molecule is CS(=O)(=O)N1CCC(C(=O)NCC(=O)NC2NC(C3CCCC(C4CCNC(N5CCN(C(=O)C6CC6CNC(=O)COC6CCC7C(=O)N(C8CCC(=O)NC8=O)C(=O)C7C6)CC5)C4)C3)CS2)C1. The van der Waals surface area contributed by atoms with E-state index < -0.39 is 51.5 Å². The summed E-state index contributed by atoms with van der Waals surface area (Å²) < 4.78 is 30.8. The molecular weight excluding hydrogens is 933 g/mol. The van der Waals surface area contributed by atoms with Gasteiger partial charge in [-0.15, -0.1) is 11.8 Å². The Kier molecular flexibility index (Phi) is 15.7. The summed E-state index contributed by atoms with van der Waals surface area (Å²) in [6.45, 7) is 4.48. The molecule has 6 saturated heterocycles. The summed E-state index contributed by atoms with van der Waals surface area (Å²) in [5.74, 6) is -1.42. The molecule has 9 rings (SSSR count). The minimum Gasteiger partial charge on any atom is -0.368 e. The lowest BCUT2D eigenvalue weighted by atomic mass is 9.70. The summed E-state index contributed by atoms with van der Waals surface area (Å²) in [5.41, 5.74) is -0.220. The topological polar surface area (TPSA) is 265 Å². The first kappa shape index (κ1) is 50.2. The van der Waals surface area contributed by atoms with Gasteiger partial charge in [0.15, 0.2) is 0 Å². The molecule has 21 nitrogen and oxygen atoms in total. The number of hydrogen-bond acceptors (Lipinski definition) is 15. The number of thioether (sulfide) groups is 1. The number of nitrogens with one attached hydrogen (secondary N) is 6. The number of nitrogens with zero attached hydrogens (tertiary/aromatic N) is 4. The number of rotatable bonds is 15. The fraction of sp³-hybridized carbons (Fsp3) is 0.826. The van der Waals surface area contributed by atoms with E-state index in [4.69, 9.17) is 4.74 Å². The molecule has 9 aliphatic rings. The molecule has 0 bridgehead atoms. The molecule has 13 unspecified atom stereocenters. The van der Waals surface area contributed by atoms with Crippen LogP contribution in [0.1, 0.15) is 83.5 Å². The van der Waals surface area contributed by atoms with E-state index in [1.54, 1.807) is 11.8 Å². The lowest BCUT2D eigenvalue weighted by Crippen LogP contribution is -2.58. The van der Waals surface area contributed by atoms with Crippen LogP contribution in [0, 0.1) is 47.3 Å². The highest BCUT2D eigenvalue weighted by Gasteiger charge is 2.54. The molecule has 9 fully saturated rings. The maximum atomic E-state index is 13.5. The average Bonchev–Trinajstić information content (AvgIpc) is 3.59. The maximum absolute atomic E-state index is 13.5. The van der Waals surface area contributed by atoms with Gasteiger partial charge in [0.25, 0.3) is 0 Å². The van der Waals surface area contributed by atoms with Crippen LogP contribution in [0.15, 0.2) is 0 Å². The van der Waals surface area contributed by atoms with Crippen LogP contribution in [-0.4, -0.2) is 182 Å². The van der Waals surface area contributed by atoms with Crippen molar-refractivity contribution in [3.05, 3.63) is 0 Å². The van der Waals surface area contributed by atoms with Crippen molar-refractivity contribution in [2.24, 2.45) is 47.3 Å². The molecule has 0 aromatic heterocycles. The van der Waals surface area contributed by atoms with Crippen LogP contribution in [0.25, 0.3) is 0 Å². The lowest BCUT2D eigenvalue weighted by molar-refractivity contribution is -0.151. The van der Waals surface area contributed by atoms with Gasteiger partial charge >= 0.3 is 0 Å². The number of fused-ring (bicyclic) bond motifs is 1. The van der Waals surface area contributed by atoms with Crippen molar-refractivity contribution in [2.45, 2.75) is 113 Å². The minimum absolute atomic E-state index is 0.0720. The normalized spacial score (nSPS) is 36.7. The van der Waals surface area contributed by atoms with Crippen molar-refractivity contribution in [1.82, 2.24) is 50.9 Å². The van der Waals surface area contributed by atoms with Gasteiger partial charge in [-0.3, -0.25) is 58.8 Å². The number of piperidine rings is 2. The van der Waals surface area contributed by atoms with Gasteiger partial charge in [0.1, 0.15) is 18.1 Å². The van der Waals surface area contributed by atoms with Crippen molar-refractivity contribution in [1.29, 1.82) is 0 Å². The summed E-state index contributed by atoms with van der Waals surface area (Å²) in [5, 5.41) is 18.3. The molecule has 6 heterocycles. The summed E-state index contributed by atoms with van der Waals surface area (Å²) in [4.78, 5) is 108. The molecule has 8 amide bonds. The van der Waals surface area contributed by atoms with E-state index >= 15 is 0 Å². The first-order valence-electron chi connectivity index (χ1n) is 25.3. The molecule has 6 N–H and O–H groups in total. The van der Waals surface area contributed by atoms with Crippen LogP contribution in [0.2, 0.25) is 0 Å². The van der Waals surface area contributed by atoms with E-state index in [-0.39, 0.29) is 98.1 Å². The van der Waals surface area contributed by atoms with Gasteiger partial charge in [0.05, 0.1) is 42.8 Å². The fourth-order valence-electron chi connectivity index (χ4n) is 12.6. The largest absolute Gasteiger partial charge is 0.368 e. The number of hydrogen-bond donors (Lipinski definition) is 6. The van der Waals surface area contributed by atoms with Crippen LogP contribution in [0.5, 0.6) is 0 Å². The summed E-state index contributed by atoms with van der Waals surface area (Å²) in [6.07, 6.45) is 10.6. The first-order valence-corrected chi connectivity index (χ1v) is 28.2. The van der Waals surface area contributed by atoms with Gasteiger partial charge in [-0.1, -0.05) is 12.8 Å². The van der Waals surface area contributed by atoms with Crippen LogP contribution in [0.3, 0.4) is 0 Å². The molecule has 3 saturated carbocycles. The summed E-state index contributed by atoms with van der Waals surface area (Å²) in [6, 6.07) is -0.669. The second kappa shape index (κ2) is 21.5. The Morgan fingerprint density at radius 3 is 2.35 bits per heavy atom. The molecule has 23 heteroatoms. The van der Waals surface area contributed by atoms with Crippen molar-refractivity contribution in [3.63, 3.8) is 0 Å². The van der Waals surface area contributed by atoms with Gasteiger partial charge < -0.3 is 30.9 Å². The number of ether oxygens (including phenoxy) is 1. The quantitative estimate of drug-likeness (QED) is 0.102. The molecular formula is C46H70N10O11S2. The van der Waals surface area contributed by atoms with E-state index in [9.17, 15) is 46.8 Å². The third-order valence-electron chi connectivity index (χ3n) is 16.7. The van der Waals surface area contributed by atoms with Gasteiger partial charge in [0, 0.05) is 69.9 Å². The molecule has 0 aromatic rings. The van der Waals surface area contributed by atoms with Crippen molar-refractivity contribution >= 4 is 69.0 Å². The number of imide groups is 2. The number of carbonyl (C=O) groups is 8. The highest BCUT2D eigenvalue weighted by Crippen LogP contribution is 2.43. The Labute approximate surface area is 408 Å². The summed E-state index contributed by atoms with van der Waals surface area (Å²) in [7, 11) is -3.35. The third-order valence-corrected chi connectivity index (χ3v) is 19.1. The number of sulfonamides is 1. The molecule has 13 atom stereocenters. The number of piperazine rings is 1. The van der Waals surface area contributed by atoms with Gasteiger partial charge in [0.2, 0.25) is 57.3 Å². The molecule has 69 heavy (non-hydrogen) atoms. The van der Waals surface area contributed by atoms with Crippen molar-refractivity contribution in [3.8, 4) is 0 Å². The Hall–Kier alpha value is -3.74. The smallest absolute Gasteiger partial charge is 0.249 e. The van der Waals surface area contributed by atoms with Gasteiger partial charge in [-0.2, -0.15) is 0 Å². The second-order valence-corrected chi connectivity index (χ2v) is 24.2. The van der Waals surface area contributed by atoms with Crippen molar-refractivity contribution in [2.75, 3.05) is 77.5 Å². The third kappa shape index (κ3) is 11.8. The van der Waals surface area contributed by atoms with E-state index in [1.165, 1.54) is 17.1 Å². The average molecular weight is 1000 g/mol. The van der Waals surface area contributed by atoms with Gasteiger partial charge in [-0.05, 0) is 94.4 Å². The zero-order chi connectivity index (χ0) is 48.6. The number of likely N-dealkylation sites (tertiary alicyclic amines) is 1. The zero-order valence-electron chi connectivity index (χ0n) is 39.6. The number of carbonyl (C=O) groups excluding carboxylic acids is 8. The Morgan fingerprint density at radius 2 is 1.58 bits per heavy atom. The molecule has 0 spiro atoms. The molecule has 382 valence electrons. The Balaban J connectivity index is 0.639. The van der Waals surface area contributed by atoms with Crippen LogP contribution < -0.4 is 31.9 Å². The predicted octanol–water partition coefficient (Wildman–Crippen LogP) is -1.51. The Morgan fingerprint density at radius 1 is 0.812 bits per heavy atom. The van der Waals surface area contributed by atoms with Crippen LogP contribution >= 0.6 is 11.8 Å². The standard InChI is InChI=1S/C46H70N10O11S2/c1-69(65,66)55-12-10-29(23-55)41(60)49-22-39(58)52-46-50-35(25-68-46)28-4-2-3-26(17-28)27-9-11-47-37(19-27)53-13-15-54(16-14-53)43(62)33-18-30(33)21-48-40(59)24-67-31-5-6-32-34(20-31)45(64)56(44(32)63)36-7-8-38(57)51-42(36)61/h26-37,46-47,50H,2-25H2,1H3,(H,48,59)(H,49,60)(H,52,58)(H,51,57,61). The fourth-order valence-corrected chi connectivity index (χ4v) is 14.7. The van der Waals surface area contributed by atoms with E-state index in [1.807, 2.05) is 4.90 Å². The zero-order valence-corrected chi connectivity index (χ0v) is 41.2. The number of amides is 8. The van der Waals surface area contributed by atoms with E-state index in [2.05, 4.69) is 36.8 Å². The monoisotopic (exact) mass is 1000 g/mol. The summed E-state index contributed by atoms with van der Waals surface area (Å²) >= 11 is 1.69. The first-order chi connectivity index (χ1) is 33.1. The molecule has 0 radical (unpaired) electrons. The molecule has 3 aliphatic carbocycles. The Bertz CT molecular complexity index is 2130. The van der Waals surface area contributed by atoms with Crippen LogP contribution in [-0.2, 0) is 53.1 Å². The second-order valence-electron chi connectivity index (χ2n) is 21.1. The van der Waals surface area contributed by atoms with Crippen LogP contribution in [0.4, 0.5) is 0 Å². The highest BCUT2D eigenvalue weighted by atomic mass is 32.2. The van der Waals surface area contributed by atoms with Crippen molar-refractivity contribution < 1.29 is 51.5 Å². The molecule has 0 aromatic carbocycles. The lowest BCUT2D eigenvalue weighted by Gasteiger charge is -2.45. The minimum atomic E-state index is -3.35. The molecule has 6 aliphatic heterocycles. The van der Waals surface area contributed by atoms with E-state index in [0.29, 0.717) is 69.2 Å². The highest BCUT2D eigenvalue weighted by molar-refractivity contribution is 8.00. The van der Waals surface area contributed by atoms with E-state index in [0.717, 1.165) is 68.6 Å². The maximum Gasteiger partial charge on any atom is 0.249 e. The predicted molar refractivity (Wildman–Crippen MR) is 250 cm³/mol. The van der Waals surface area contributed by atoms with Gasteiger partial charge in [-0.25, -0.2) is 12.7 Å².